The zero-order chi connectivity index (χ0) is 29.2. The number of furan rings is 1. The van der Waals surface area contributed by atoms with Gasteiger partial charge in [-0.15, -0.1) is 11.6 Å². The van der Waals surface area contributed by atoms with Gasteiger partial charge in [-0.1, -0.05) is 23.7 Å². The number of benzene rings is 1. The summed E-state index contributed by atoms with van der Waals surface area (Å²) in [6.07, 6.45) is 4.45. The summed E-state index contributed by atoms with van der Waals surface area (Å²) in [5.74, 6) is -2.41. The highest BCUT2D eigenvalue weighted by atomic mass is 35.5. The molecule has 0 spiro atoms. The van der Waals surface area contributed by atoms with Crippen LogP contribution in [0.5, 0.6) is 0 Å². The zero-order valence-corrected chi connectivity index (χ0v) is 24.1. The number of alkyl halides is 1. The van der Waals surface area contributed by atoms with E-state index in [1.165, 1.54) is 24.5 Å². The van der Waals surface area contributed by atoms with Crippen LogP contribution in [0, 0.1) is 5.92 Å². The molecule has 0 radical (unpaired) electrons. The highest BCUT2D eigenvalue weighted by Crippen LogP contribution is 2.47. The van der Waals surface area contributed by atoms with E-state index in [1.807, 2.05) is 0 Å². The Bertz CT molecular complexity index is 1480. The molecule has 0 saturated carbocycles. The van der Waals surface area contributed by atoms with Crippen molar-refractivity contribution in [3.05, 3.63) is 76.2 Å². The second kappa shape index (κ2) is 11.7. The molecule has 2 unspecified atom stereocenters. The topological polar surface area (TPSA) is 146 Å². The lowest BCUT2D eigenvalue weighted by Gasteiger charge is -2.42. The summed E-state index contributed by atoms with van der Waals surface area (Å²) in [6, 6.07) is 7.75. The van der Waals surface area contributed by atoms with E-state index in [1.54, 1.807) is 36.1 Å². The number of carbonyl (C=O) groups excluding carboxylic acids is 2. The quantitative estimate of drug-likeness (QED) is 0.388. The van der Waals surface area contributed by atoms with E-state index in [0.717, 1.165) is 17.4 Å². The van der Waals surface area contributed by atoms with Gasteiger partial charge in [-0.05, 0) is 60.4 Å². The maximum absolute atomic E-state index is 13.4. The van der Waals surface area contributed by atoms with Crippen molar-refractivity contribution in [2.45, 2.75) is 42.1 Å². The lowest BCUT2D eigenvalue weighted by Crippen LogP contribution is -2.52. The van der Waals surface area contributed by atoms with Crippen LogP contribution >= 0.6 is 23.2 Å². The number of sulfone groups is 1. The van der Waals surface area contributed by atoms with Gasteiger partial charge < -0.3 is 25.1 Å². The fraction of sp³-hybridized carbons (Fsp3) is 0.370. The molecule has 4 rings (SSSR count). The van der Waals surface area contributed by atoms with Gasteiger partial charge in [-0.3, -0.25) is 4.79 Å². The van der Waals surface area contributed by atoms with Gasteiger partial charge in [-0.25, -0.2) is 18.0 Å². The normalized spacial score (nSPS) is 21.8. The summed E-state index contributed by atoms with van der Waals surface area (Å²) in [5, 5.41) is 15.3. The molecule has 40 heavy (non-hydrogen) atoms. The van der Waals surface area contributed by atoms with E-state index in [9.17, 15) is 27.9 Å². The van der Waals surface area contributed by atoms with Gasteiger partial charge >= 0.3 is 12.0 Å². The Morgan fingerprint density at radius 2 is 2.00 bits per heavy atom. The number of amides is 3. The van der Waals surface area contributed by atoms with Crippen LogP contribution < -0.4 is 10.6 Å². The molecular formula is C27H29Cl2N3O7S. The number of carboxylic acid groups (broad SMARTS) is 1. The molecule has 0 saturated heterocycles. The number of carbonyl (C=O) groups is 3. The van der Waals surface area contributed by atoms with Gasteiger partial charge in [0.25, 0.3) is 0 Å². The molecule has 214 valence electrons. The maximum atomic E-state index is 13.4. The van der Waals surface area contributed by atoms with E-state index in [-0.39, 0.29) is 35.5 Å². The minimum atomic E-state index is -3.49. The molecule has 2 aliphatic rings. The highest BCUT2D eigenvalue weighted by Gasteiger charge is 2.47. The SMILES string of the molecule is CC1(Cl)C2=C(C=C(Cl)C1C(=O)N[C@@H](Cc1cccc(S(C)(=O)=O)c1)C(=O)O)CN(C(=O)NCc1ccco1)CC2. The molecule has 0 bridgehead atoms. The summed E-state index contributed by atoms with van der Waals surface area (Å²) in [7, 11) is -3.49. The summed E-state index contributed by atoms with van der Waals surface area (Å²) >= 11 is 13.5. The molecule has 0 fully saturated rings. The lowest BCUT2D eigenvalue weighted by molar-refractivity contribution is -0.142. The van der Waals surface area contributed by atoms with Gasteiger partial charge in [0.15, 0.2) is 9.84 Å². The first kappa shape index (κ1) is 29.7. The third-order valence-corrected chi connectivity index (χ3v) is 8.91. The van der Waals surface area contributed by atoms with Crippen LogP contribution in [0.15, 0.2) is 74.2 Å². The molecule has 1 aromatic carbocycles. The zero-order valence-electron chi connectivity index (χ0n) is 21.8. The molecule has 2 aromatic rings. The van der Waals surface area contributed by atoms with Crippen LogP contribution in [-0.2, 0) is 32.4 Å². The van der Waals surface area contributed by atoms with E-state index >= 15 is 0 Å². The average molecular weight is 611 g/mol. The average Bonchev–Trinajstić information content (AvgIpc) is 3.39. The number of hydrogen-bond acceptors (Lipinski definition) is 6. The Kier molecular flexibility index (Phi) is 8.67. The number of rotatable bonds is 8. The van der Waals surface area contributed by atoms with Crippen molar-refractivity contribution < 1.29 is 32.3 Å². The van der Waals surface area contributed by atoms with Gasteiger partial charge in [0, 0.05) is 30.8 Å². The van der Waals surface area contributed by atoms with Crippen LogP contribution in [0.1, 0.15) is 24.7 Å². The van der Waals surface area contributed by atoms with Crippen LogP contribution in [0.3, 0.4) is 0 Å². The van der Waals surface area contributed by atoms with E-state index < -0.39 is 38.5 Å². The van der Waals surface area contributed by atoms with Gasteiger partial charge in [0.05, 0.1) is 28.5 Å². The first-order valence-electron chi connectivity index (χ1n) is 12.4. The van der Waals surface area contributed by atoms with Crippen molar-refractivity contribution >= 4 is 50.9 Å². The van der Waals surface area contributed by atoms with Gasteiger partial charge in [0.2, 0.25) is 5.91 Å². The van der Waals surface area contributed by atoms with Crippen molar-refractivity contribution in [3.8, 4) is 0 Å². The van der Waals surface area contributed by atoms with E-state index in [4.69, 9.17) is 27.6 Å². The predicted octanol–water partition coefficient (Wildman–Crippen LogP) is 3.46. The van der Waals surface area contributed by atoms with Crippen molar-refractivity contribution in [2.75, 3.05) is 19.3 Å². The van der Waals surface area contributed by atoms with Crippen LogP contribution in [-0.4, -0.2) is 66.6 Å². The molecule has 2 heterocycles. The maximum Gasteiger partial charge on any atom is 0.326 e. The third kappa shape index (κ3) is 6.54. The smallest absolute Gasteiger partial charge is 0.326 e. The Morgan fingerprint density at radius 1 is 1.25 bits per heavy atom. The Hall–Kier alpha value is -3.28. The minimum absolute atomic E-state index is 0.0486. The molecule has 3 atom stereocenters. The number of nitrogens with one attached hydrogen (secondary N) is 2. The number of urea groups is 1. The molecule has 1 aromatic heterocycles. The molecule has 10 nitrogen and oxygen atoms in total. The first-order valence-corrected chi connectivity index (χ1v) is 15.1. The third-order valence-electron chi connectivity index (χ3n) is 7.02. The standard InChI is InChI=1S/C27H29Cl2N3O7S/c1-27(29)20-8-9-32(26(36)30-14-18-6-4-10-39-18)15-17(20)13-21(28)23(27)24(33)31-22(25(34)35)12-16-5-3-7-19(11-16)40(2,37)38/h3-7,10-11,13,22-23H,8-9,12,14-15H2,1-2H3,(H,30,36)(H,31,33)(H,34,35)/t22-,23?,27?/m0/s1. The predicted molar refractivity (Wildman–Crippen MR) is 149 cm³/mol. The van der Waals surface area contributed by atoms with Gasteiger partial charge in [-0.2, -0.15) is 0 Å². The van der Waals surface area contributed by atoms with Crippen molar-refractivity contribution in [1.82, 2.24) is 15.5 Å². The number of hydrogen-bond donors (Lipinski definition) is 3. The number of carboxylic acids is 1. The number of aliphatic carboxylic acids is 1. The molecular weight excluding hydrogens is 581 g/mol. The molecule has 1 aliphatic heterocycles. The van der Waals surface area contributed by atoms with E-state index in [0.29, 0.717) is 24.3 Å². The first-order chi connectivity index (χ1) is 18.8. The largest absolute Gasteiger partial charge is 0.480 e. The minimum Gasteiger partial charge on any atom is -0.480 e. The van der Waals surface area contributed by atoms with E-state index in [2.05, 4.69) is 10.6 Å². The molecule has 3 N–H and O–H groups in total. The van der Waals surface area contributed by atoms with Crippen molar-refractivity contribution in [1.29, 1.82) is 0 Å². The Labute approximate surface area is 241 Å². The molecule has 13 heteroatoms. The summed E-state index contributed by atoms with van der Waals surface area (Å²) in [6.45, 7) is 2.49. The van der Waals surface area contributed by atoms with Crippen molar-refractivity contribution in [2.24, 2.45) is 5.92 Å². The Morgan fingerprint density at radius 3 is 2.65 bits per heavy atom. The summed E-state index contributed by atoms with van der Waals surface area (Å²) < 4.78 is 29.0. The Balaban J connectivity index is 1.47. The monoisotopic (exact) mass is 609 g/mol. The van der Waals surface area contributed by atoms with Crippen LogP contribution in [0.4, 0.5) is 4.79 Å². The lowest BCUT2D eigenvalue weighted by atomic mass is 9.76. The fourth-order valence-corrected chi connectivity index (χ4v) is 6.62. The van der Waals surface area contributed by atoms with Gasteiger partial charge in [0.1, 0.15) is 11.8 Å². The molecule has 1 aliphatic carbocycles. The summed E-state index contributed by atoms with van der Waals surface area (Å²) in [5.41, 5.74) is 1.90. The number of nitrogens with zero attached hydrogens (tertiary/aromatic N) is 1. The number of halogens is 2. The molecule has 3 amide bonds. The van der Waals surface area contributed by atoms with Crippen LogP contribution in [0.2, 0.25) is 0 Å². The second-order valence-electron chi connectivity index (χ2n) is 9.97. The van der Waals surface area contributed by atoms with Crippen LogP contribution in [0.25, 0.3) is 0 Å². The second-order valence-corrected chi connectivity index (χ2v) is 13.2. The fourth-order valence-electron chi connectivity index (χ4n) is 4.99. The highest BCUT2D eigenvalue weighted by molar-refractivity contribution is 7.90. The summed E-state index contributed by atoms with van der Waals surface area (Å²) in [4.78, 5) is 38.5. The van der Waals surface area contributed by atoms with Crippen molar-refractivity contribution in [3.63, 3.8) is 0 Å².